The Labute approximate surface area is 129 Å². The summed E-state index contributed by atoms with van der Waals surface area (Å²) in [6, 6.07) is 17.8. The van der Waals surface area contributed by atoms with E-state index in [4.69, 9.17) is 4.74 Å². The van der Waals surface area contributed by atoms with Crippen molar-refractivity contribution < 1.29 is 9.53 Å². The second-order valence-electron chi connectivity index (χ2n) is 4.57. The summed E-state index contributed by atoms with van der Waals surface area (Å²) in [5.41, 5.74) is 1.10. The van der Waals surface area contributed by atoms with Gasteiger partial charge in [-0.25, -0.2) is 0 Å². The molecule has 1 amide bonds. The van der Waals surface area contributed by atoms with Crippen LogP contribution in [0, 0.1) is 6.92 Å². The zero-order valence-electron chi connectivity index (χ0n) is 12.0. The van der Waals surface area contributed by atoms with Crippen molar-refractivity contribution in [1.82, 2.24) is 5.32 Å². The SMILES string of the molecule is Cc1ccccc1OCCNC(=O)CSc1ccccc1. The van der Waals surface area contributed by atoms with Crippen LogP contribution in [-0.2, 0) is 4.79 Å². The third-order valence-electron chi connectivity index (χ3n) is 2.89. The van der Waals surface area contributed by atoms with Crippen molar-refractivity contribution in [2.75, 3.05) is 18.9 Å². The number of rotatable bonds is 7. The van der Waals surface area contributed by atoms with Gasteiger partial charge < -0.3 is 10.1 Å². The Hall–Kier alpha value is -1.94. The molecule has 0 aromatic heterocycles. The standard InChI is InChI=1S/C17H19NO2S/c1-14-7-5-6-10-16(14)20-12-11-18-17(19)13-21-15-8-3-2-4-9-15/h2-10H,11-13H2,1H3,(H,18,19). The molecule has 0 heterocycles. The van der Waals surface area contributed by atoms with Crippen molar-refractivity contribution in [1.29, 1.82) is 0 Å². The number of carbonyl (C=O) groups excluding carboxylic acids is 1. The van der Waals surface area contributed by atoms with E-state index < -0.39 is 0 Å². The number of amides is 1. The average Bonchev–Trinajstić information content (AvgIpc) is 2.52. The van der Waals surface area contributed by atoms with Crippen LogP contribution >= 0.6 is 11.8 Å². The zero-order chi connectivity index (χ0) is 14.9. The highest BCUT2D eigenvalue weighted by atomic mass is 32.2. The van der Waals surface area contributed by atoms with Crippen LogP contribution < -0.4 is 10.1 Å². The van der Waals surface area contributed by atoms with E-state index in [-0.39, 0.29) is 5.91 Å². The van der Waals surface area contributed by atoms with Crippen molar-refractivity contribution in [3.05, 3.63) is 60.2 Å². The number of carbonyl (C=O) groups is 1. The number of hydrogen-bond donors (Lipinski definition) is 1. The summed E-state index contributed by atoms with van der Waals surface area (Å²) in [6.07, 6.45) is 0. The summed E-state index contributed by atoms with van der Waals surface area (Å²) in [5.74, 6) is 1.32. The van der Waals surface area contributed by atoms with Crippen LogP contribution in [0.1, 0.15) is 5.56 Å². The van der Waals surface area contributed by atoms with Crippen LogP contribution in [0.15, 0.2) is 59.5 Å². The molecule has 0 atom stereocenters. The van der Waals surface area contributed by atoms with Crippen LogP contribution in [0.5, 0.6) is 5.75 Å². The highest BCUT2D eigenvalue weighted by molar-refractivity contribution is 8.00. The zero-order valence-corrected chi connectivity index (χ0v) is 12.9. The molecule has 21 heavy (non-hydrogen) atoms. The second kappa shape index (κ2) is 8.37. The Bertz CT molecular complexity index is 572. The Morgan fingerprint density at radius 1 is 1.10 bits per heavy atom. The molecule has 0 bridgehead atoms. The topological polar surface area (TPSA) is 38.3 Å². The largest absolute Gasteiger partial charge is 0.491 e. The molecule has 2 rings (SSSR count). The molecular weight excluding hydrogens is 282 g/mol. The summed E-state index contributed by atoms with van der Waals surface area (Å²) in [4.78, 5) is 12.8. The van der Waals surface area contributed by atoms with Crippen molar-refractivity contribution in [3.63, 3.8) is 0 Å². The molecule has 2 aromatic rings. The smallest absolute Gasteiger partial charge is 0.230 e. The molecular formula is C17H19NO2S. The Morgan fingerprint density at radius 3 is 2.57 bits per heavy atom. The molecule has 0 fully saturated rings. The van der Waals surface area contributed by atoms with Gasteiger partial charge in [-0.2, -0.15) is 0 Å². The van der Waals surface area contributed by atoms with Crippen LogP contribution in [-0.4, -0.2) is 24.8 Å². The molecule has 3 nitrogen and oxygen atoms in total. The quantitative estimate of drug-likeness (QED) is 0.630. The van der Waals surface area contributed by atoms with E-state index in [0.29, 0.717) is 18.9 Å². The highest BCUT2D eigenvalue weighted by Gasteiger charge is 2.02. The molecule has 0 radical (unpaired) electrons. The Morgan fingerprint density at radius 2 is 1.81 bits per heavy atom. The highest BCUT2D eigenvalue weighted by Crippen LogP contribution is 2.16. The fraction of sp³-hybridized carbons (Fsp3) is 0.235. The third kappa shape index (κ3) is 5.52. The molecule has 0 unspecified atom stereocenters. The van der Waals surface area contributed by atoms with Crippen LogP contribution in [0.3, 0.4) is 0 Å². The maximum absolute atomic E-state index is 11.7. The second-order valence-corrected chi connectivity index (χ2v) is 5.61. The van der Waals surface area contributed by atoms with Crippen LogP contribution in [0.25, 0.3) is 0 Å². The van der Waals surface area contributed by atoms with Gasteiger partial charge in [-0.15, -0.1) is 11.8 Å². The maximum Gasteiger partial charge on any atom is 0.230 e. The lowest BCUT2D eigenvalue weighted by atomic mass is 10.2. The molecule has 0 spiro atoms. The van der Waals surface area contributed by atoms with Gasteiger partial charge in [0.1, 0.15) is 12.4 Å². The van der Waals surface area contributed by atoms with Crippen molar-refractivity contribution >= 4 is 17.7 Å². The van der Waals surface area contributed by atoms with E-state index in [2.05, 4.69) is 5.32 Å². The Kier molecular flexibility index (Phi) is 6.16. The summed E-state index contributed by atoms with van der Waals surface area (Å²) in [5, 5.41) is 2.86. The normalized spacial score (nSPS) is 10.1. The van der Waals surface area contributed by atoms with Crippen LogP contribution in [0.2, 0.25) is 0 Å². The van der Waals surface area contributed by atoms with Gasteiger partial charge in [-0.05, 0) is 30.7 Å². The molecule has 4 heteroatoms. The summed E-state index contributed by atoms with van der Waals surface area (Å²) in [6.45, 7) is 3.00. The van der Waals surface area contributed by atoms with Gasteiger partial charge >= 0.3 is 0 Å². The summed E-state index contributed by atoms with van der Waals surface area (Å²) < 4.78 is 5.63. The van der Waals surface area contributed by atoms with Gasteiger partial charge in [0.05, 0.1) is 12.3 Å². The summed E-state index contributed by atoms with van der Waals surface area (Å²) in [7, 11) is 0. The van der Waals surface area contributed by atoms with Gasteiger partial charge in [-0.1, -0.05) is 36.4 Å². The maximum atomic E-state index is 11.7. The predicted octanol–water partition coefficient (Wildman–Crippen LogP) is 3.28. The lowest BCUT2D eigenvalue weighted by molar-refractivity contribution is -0.118. The van der Waals surface area contributed by atoms with Crippen LogP contribution in [0.4, 0.5) is 0 Å². The van der Waals surface area contributed by atoms with Gasteiger partial charge in [-0.3, -0.25) is 4.79 Å². The molecule has 0 aliphatic rings. The number of nitrogens with one attached hydrogen (secondary N) is 1. The molecule has 1 N–H and O–H groups in total. The van der Waals surface area contributed by atoms with Crippen molar-refractivity contribution in [2.24, 2.45) is 0 Å². The first-order chi connectivity index (χ1) is 10.3. The number of aryl methyl sites for hydroxylation is 1. The predicted molar refractivity (Wildman–Crippen MR) is 86.8 cm³/mol. The van der Waals surface area contributed by atoms with E-state index >= 15 is 0 Å². The first-order valence-electron chi connectivity index (χ1n) is 6.88. The number of ether oxygens (including phenoxy) is 1. The fourth-order valence-electron chi connectivity index (χ4n) is 1.79. The lowest BCUT2D eigenvalue weighted by Gasteiger charge is -2.09. The fourth-order valence-corrected chi connectivity index (χ4v) is 2.54. The van der Waals surface area contributed by atoms with Gasteiger partial charge in [0.15, 0.2) is 0 Å². The van der Waals surface area contributed by atoms with E-state index in [1.807, 2.05) is 61.5 Å². The number of benzene rings is 2. The number of hydrogen-bond acceptors (Lipinski definition) is 3. The molecule has 0 aliphatic carbocycles. The molecule has 0 aliphatic heterocycles. The van der Waals surface area contributed by atoms with Crippen molar-refractivity contribution in [2.45, 2.75) is 11.8 Å². The minimum absolute atomic E-state index is 0.0252. The van der Waals surface area contributed by atoms with Gasteiger partial charge in [0.25, 0.3) is 0 Å². The molecule has 0 saturated carbocycles. The van der Waals surface area contributed by atoms with Gasteiger partial charge in [0, 0.05) is 4.90 Å². The summed E-state index contributed by atoms with van der Waals surface area (Å²) >= 11 is 1.53. The minimum atomic E-state index is 0.0252. The van der Waals surface area contributed by atoms with E-state index in [9.17, 15) is 4.79 Å². The first-order valence-corrected chi connectivity index (χ1v) is 7.87. The molecule has 0 saturated heterocycles. The number of para-hydroxylation sites is 1. The first kappa shape index (κ1) is 15.4. The van der Waals surface area contributed by atoms with E-state index in [0.717, 1.165) is 16.2 Å². The lowest BCUT2D eigenvalue weighted by Crippen LogP contribution is -2.29. The average molecular weight is 301 g/mol. The Balaban J connectivity index is 1.62. The van der Waals surface area contributed by atoms with E-state index in [1.54, 1.807) is 0 Å². The van der Waals surface area contributed by atoms with Gasteiger partial charge in [0.2, 0.25) is 5.91 Å². The van der Waals surface area contributed by atoms with Crippen molar-refractivity contribution in [3.8, 4) is 5.75 Å². The van der Waals surface area contributed by atoms with E-state index in [1.165, 1.54) is 11.8 Å². The number of thioether (sulfide) groups is 1. The molecule has 2 aromatic carbocycles. The minimum Gasteiger partial charge on any atom is -0.491 e. The molecule has 110 valence electrons. The monoisotopic (exact) mass is 301 g/mol. The third-order valence-corrected chi connectivity index (χ3v) is 3.90.